The highest BCUT2D eigenvalue weighted by Crippen LogP contribution is 2.39. The maximum Gasteiger partial charge on any atom is 0.127 e. The van der Waals surface area contributed by atoms with Gasteiger partial charge in [0.2, 0.25) is 0 Å². The zero-order valence-electron chi connectivity index (χ0n) is 13.2. The first-order chi connectivity index (χ1) is 10.2. The third kappa shape index (κ3) is 3.37. The van der Waals surface area contributed by atoms with Crippen molar-refractivity contribution in [3.8, 4) is 0 Å². The van der Waals surface area contributed by atoms with Gasteiger partial charge in [0.25, 0.3) is 0 Å². The maximum atomic E-state index is 11.8. The van der Waals surface area contributed by atoms with E-state index in [1.54, 1.807) is 0 Å². The summed E-state index contributed by atoms with van der Waals surface area (Å²) in [5.41, 5.74) is 2.87. The third-order valence-electron chi connectivity index (χ3n) is 5.35. The number of aldehydes is 1. The molecule has 2 nitrogen and oxygen atoms in total. The van der Waals surface area contributed by atoms with Crippen LogP contribution in [0, 0.1) is 11.3 Å². The number of rotatable bonds is 3. The van der Waals surface area contributed by atoms with Crippen LogP contribution in [0.3, 0.4) is 0 Å². The minimum Gasteiger partial charge on any atom is -0.303 e. The normalized spacial score (nSPS) is 30.4. The van der Waals surface area contributed by atoms with Gasteiger partial charge < -0.3 is 4.79 Å². The van der Waals surface area contributed by atoms with E-state index >= 15 is 0 Å². The van der Waals surface area contributed by atoms with Crippen molar-refractivity contribution in [1.82, 2.24) is 4.90 Å². The number of fused-ring (bicyclic) bond motifs is 1. The molecule has 2 atom stereocenters. The fourth-order valence-corrected chi connectivity index (χ4v) is 4.34. The monoisotopic (exact) mass is 285 g/mol. The van der Waals surface area contributed by atoms with Crippen molar-refractivity contribution in [3.63, 3.8) is 0 Å². The van der Waals surface area contributed by atoms with Gasteiger partial charge in [0, 0.05) is 18.5 Å². The van der Waals surface area contributed by atoms with Crippen LogP contribution in [-0.2, 0) is 17.8 Å². The lowest BCUT2D eigenvalue weighted by Crippen LogP contribution is -2.41. The average Bonchev–Trinajstić information content (AvgIpc) is 2.68. The number of hydrogen-bond donors (Lipinski definition) is 0. The van der Waals surface area contributed by atoms with Gasteiger partial charge in [0.05, 0.1) is 0 Å². The lowest BCUT2D eigenvalue weighted by Gasteiger charge is -2.39. The molecule has 0 radical (unpaired) electrons. The summed E-state index contributed by atoms with van der Waals surface area (Å²) in [6.45, 7) is 5.39. The summed E-state index contributed by atoms with van der Waals surface area (Å²) in [4.78, 5) is 14.3. The molecule has 0 spiro atoms. The quantitative estimate of drug-likeness (QED) is 0.787. The predicted molar refractivity (Wildman–Crippen MR) is 86.2 cm³/mol. The van der Waals surface area contributed by atoms with Crippen molar-refractivity contribution < 1.29 is 4.79 Å². The molecule has 2 unspecified atom stereocenters. The predicted octanol–water partition coefficient (Wildman–Crippen LogP) is 3.83. The molecule has 1 aliphatic carbocycles. The molecular formula is C19H27NO. The fourth-order valence-electron chi connectivity index (χ4n) is 4.34. The summed E-state index contributed by atoms with van der Waals surface area (Å²) in [5, 5.41) is 0. The lowest BCUT2D eigenvalue weighted by atomic mass is 9.70. The van der Waals surface area contributed by atoms with Gasteiger partial charge >= 0.3 is 0 Å². The van der Waals surface area contributed by atoms with Crippen LogP contribution in [0.15, 0.2) is 24.3 Å². The molecular weight excluding hydrogens is 258 g/mol. The zero-order chi connectivity index (χ0) is 14.7. The summed E-state index contributed by atoms with van der Waals surface area (Å²) in [6.07, 6.45) is 8.33. The van der Waals surface area contributed by atoms with Gasteiger partial charge in [-0.1, -0.05) is 44.0 Å². The number of benzene rings is 1. The molecule has 0 N–H and O–H groups in total. The molecule has 1 aliphatic heterocycles. The molecule has 1 saturated carbocycles. The second-order valence-corrected chi connectivity index (χ2v) is 7.26. The molecule has 21 heavy (non-hydrogen) atoms. The smallest absolute Gasteiger partial charge is 0.127 e. The van der Waals surface area contributed by atoms with Crippen LogP contribution in [0.25, 0.3) is 0 Å². The Kier molecular flexibility index (Phi) is 4.44. The van der Waals surface area contributed by atoms with Crippen molar-refractivity contribution in [2.45, 2.75) is 52.0 Å². The number of hydrogen-bond acceptors (Lipinski definition) is 2. The molecule has 0 saturated heterocycles. The molecule has 0 amide bonds. The van der Waals surface area contributed by atoms with Crippen molar-refractivity contribution in [1.29, 1.82) is 0 Å². The Morgan fingerprint density at radius 1 is 1.29 bits per heavy atom. The van der Waals surface area contributed by atoms with Crippen molar-refractivity contribution in [2.24, 2.45) is 11.3 Å². The van der Waals surface area contributed by atoms with E-state index in [4.69, 9.17) is 0 Å². The van der Waals surface area contributed by atoms with E-state index in [9.17, 15) is 4.79 Å². The Hall–Kier alpha value is -1.15. The zero-order valence-corrected chi connectivity index (χ0v) is 13.2. The lowest BCUT2D eigenvalue weighted by molar-refractivity contribution is -0.120. The fraction of sp³-hybridized carbons (Fsp3) is 0.632. The average molecular weight is 285 g/mol. The van der Waals surface area contributed by atoms with Crippen molar-refractivity contribution >= 4 is 6.29 Å². The Bertz CT molecular complexity index is 498. The van der Waals surface area contributed by atoms with E-state index in [2.05, 4.69) is 36.1 Å². The Balaban J connectivity index is 1.73. The molecule has 3 rings (SSSR count). The van der Waals surface area contributed by atoms with E-state index in [-0.39, 0.29) is 5.41 Å². The summed E-state index contributed by atoms with van der Waals surface area (Å²) in [7, 11) is 0. The number of aryl methyl sites for hydroxylation is 1. The first kappa shape index (κ1) is 14.8. The molecule has 2 aliphatic rings. The standard InChI is InChI=1S/C19H27NO/c1-16-6-4-10-19(12-16,15-21)14-20-11-5-9-17-7-2-3-8-18(17)13-20/h2-3,7-8,15-16H,4-6,9-14H2,1H3. The van der Waals surface area contributed by atoms with Crippen LogP contribution in [0.5, 0.6) is 0 Å². The summed E-state index contributed by atoms with van der Waals surface area (Å²) in [5.74, 6) is 0.697. The highest BCUT2D eigenvalue weighted by molar-refractivity contribution is 5.60. The largest absolute Gasteiger partial charge is 0.303 e. The third-order valence-corrected chi connectivity index (χ3v) is 5.35. The van der Waals surface area contributed by atoms with Crippen LogP contribution in [0.2, 0.25) is 0 Å². The van der Waals surface area contributed by atoms with E-state index < -0.39 is 0 Å². The summed E-state index contributed by atoms with van der Waals surface area (Å²) in [6, 6.07) is 8.80. The molecule has 1 aromatic carbocycles. The summed E-state index contributed by atoms with van der Waals surface area (Å²) >= 11 is 0. The second kappa shape index (κ2) is 6.31. The Morgan fingerprint density at radius 2 is 2.10 bits per heavy atom. The minimum absolute atomic E-state index is 0.0864. The SMILES string of the molecule is CC1CCCC(C=O)(CN2CCCc3ccccc3C2)C1. The maximum absolute atomic E-state index is 11.8. The van der Waals surface area contributed by atoms with E-state index in [1.165, 1.54) is 43.1 Å². The number of nitrogens with zero attached hydrogens (tertiary/aromatic N) is 1. The van der Waals surface area contributed by atoms with E-state index in [0.29, 0.717) is 5.92 Å². The van der Waals surface area contributed by atoms with Crippen molar-refractivity contribution in [3.05, 3.63) is 35.4 Å². The Labute approximate surface area is 128 Å². The summed E-state index contributed by atoms with van der Waals surface area (Å²) < 4.78 is 0. The van der Waals surface area contributed by atoms with Crippen LogP contribution in [0.1, 0.15) is 50.2 Å². The van der Waals surface area contributed by atoms with Gasteiger partial charge in [-0.15, -0.1) is 0 Å². The topological polar surface area (TPSA) is 20.3 Å². The van der Waals surface area contributed by atoms with Gasteiger partial charge in [0.1, 0.15) is 6.29 Å². The molecule has 1 heterocycles. The molecule has 114 valence electrons. The molecule has 0 bridgehead atoms. The number of carbonyl (C=O) groups excluding carboxylic acids is 1. The first-order valence-corrected chi connectivity index (χ1v) is 8.46. The van der Waals surface area contributed by atoms with Crippen LogP contribution >= 0.6 is 0 Å². The van der Waals surface area contributed by atoms with Gasteiger partial charge in [-0.05, 0) is 49.3 Å². The van der Waals surface area contributed by atoms with Gasteiger partial charge in [-0.2, -0.15) is 0 Å². The van der Waals surface area contributed by atoms with Crippen molar-refractivity contribution in [2.75, 3.05) is 13.1 Å². The van der Waals surface area contributed by atoms with Crippen LogP contribution in [0.4, 0.5) is 0 Å². The van der Waals surface area contributed by atoms with Gasteiger partial charge in [-0.3, -0.25) is 4.90 Å². The molecule has 2 heteroatoms. The van der Waals surface area contributed by atoms with Crippen LogP contribution < -0.4 is 0 Å². The molecule has 1 aromatic rings. The van der Waals surface area contributed by atoms with Gasteiger partial charge in [0.15, 0.2) is 0 Å². The second-order valence-electron chi connectivity index (χ2n) is 7.26. The molecule has 1 fully saturated rings. The van der Waals surface area contributed by atoms with E-state index in [0.717, 1.165) is 32.5 Å². The minimum atomic E-state index is -0.0864. The van der Waals surface area contributed by atoms with E-state index in [1.807, 2.05) is 0 Å². The van der Waals surface area contributed by atoms with Gasteiger partial charge in [-0.25, -0.2) is 0 Å². The highest BCUT2D eigenvalue weighted by Gasteiger charge is 2.36. The van der Waals surface area contributed by atoms with Crippen LogP contribution in [-0.4, -0.2) is 24.3 Å². The molecule has 0 aromatic heterocycles. The highest BCUT2D eigenvalue weighted by atomic mass is 16.1. The Morgan fingerprint density at radius 3 is 2.86 bits per heavy atom. The first-order valence-electron chi connectivity index (χ1n) is 8.46. The number of carbonyl (C=O) groups is 1.